The lowest BCUT2D eigenvalue weighted by Crippen LogP contribution is -2.38. The van der Waals surface area contributed by atoms with Crippen molar-refractivity contribution < 1.29 is 34.0 Å². The Kier molecular flexibility index (Phi) is 9.04. The first-order chi connectivity index (χ1) is 18.4. The molecule has 0 aliphatic carbocycles. The maximum absolute atomic E-state index is 13.3. The number of hydrogen-bond acceptors (Lipinski definition) is 8. The number of aliphatic hydroxyl groups excluding tert-OH is 1. The number of morpholine rings is 1. The Labute approximate surface area is 222 Å². The summed E-state index contributed by atoms with van der Waals surface area (Å²) in [6, 6.07) is 10.5. The lowest BCUT2D eigenvalue weighted by atomic mass is 9.95. The molecule has 2 aliphatic rings. The van der Waals surface area contributed by atoms with Crippen LogP contribution in [0.2, 0.25) is 0 Å². The molecule has 1 amide bonds. The zero-order chi connectivity index (χ0) is 27.1. The highest BCUT2D eigenvalue weighted by Crippen LogP contribution is 2.42. The lowest BCUT2D eigenvalue weighted by Gasteiger charge is -2.29. The Bertz CT molecular complexity index is 1190. The molecule has 2 N–H and O–H groups in total. The van der Waals surface area contributed by atoms with E-state index in [1.54, 1.807) is 49.4 Å². The van der Waals surface area contributed by atoms with Crippen LogP contribution in [0.1, 0.15) is 30.5 Å². The third-order valence-electron chi connectivity index (χ3n) is 6.61. The van der Waals surface area contributed by atoms with E-state index in [4.69, 9.17) is 14.2 Å². The van der Waals surface area contributed by atoms with Crippen molar-refractivity contribution in [1.82, 2.24) is 9.80 Å². The second kappa shape index (κ2) is 12.6. The summed E-state index contributed by atoms with van der Waals surface area (Å²) in [4.78, 5) is 30.3. The number of carbonyl (C=O) groups excluding carboxylic acids is 2. The predicted octanol–water partition coefficient (Wildman–Crippen LogP) is 3.50. The van der Waals surface area contributed by atoms with Crippen LogP contribution in [0.4, 0.5) is 0 Å². The van der Waals surface area contributed by atoms with Crippen LogP contribution in [0.15, 0.2) is 60.7 Å². The Hall–Kier alpha value is -3.82. The largest absolute Gasteiger partial charge is 0.507 e. The molecule has 0 saturated carbocycles. The van der Waals surface area contributed by atoms with Gasteiger partial charge in [-0.1, -0.05) is 18.7 Å². The van der Waals surface area contributed by atoms with Crippen LogP contribution < -0.4 is 9.47 Å². The van der Waals surface area contributed by atoms with E-state index < -0.39 is 17.7 Å². The molecule has 2 saturated heterocycles. The number of nitrogens with zero attached hydrogens (tertiary/aromatic N) is 2. The smallest absolute Gasteiger partial charge is 0.295 e. The minimum absolute atomic E-state index is 0.00530. The molecule has 0 spiro atoms. The van der Waals surface area contributed by atoms with Crippen LogP contribution in [-0.2, 0) is 14.3 Å². The topological polar surface area (TPSA) is 109 Å². The minimum atomic E-state index is -0.837. The van der Waals surface area contributed by atoms with E-state index in [-0.39, 0.29) is 22.8 Å². The van der Waals surface area contributed by atoms with E-state index in [1.807, 2.05) is 0 Å². The van der Waals surface area contributed by atoms with E-state index in [1.165, 1.54) is 11.0 Å². The molecule has 2 aromatic rings. The maximum Gasteiger partial charge on any atom is 0.295 e. The Morgan fingerprint density at radius 3 is 2.53 bits per heavy atom. The molecule has 9 heteroatoms. The molecule has 38 heavy (non-hydrogen) atoms. The van der Waals surface area contributed by atoms with Gasteiger partial charge in [0.05, 0.1) is 31.4 Å². The van der Waals surface area contributed by atoms with Crippen LogP contribution in [0.3, 0.4) is 0 Å². The fourth-order valence-corrected chi connectivity index (χ4v) is 4.74. The average Bonchev–Trinajstić information content (AvgIpc) is 3.19. The predicted molar refractivity (Wildman–Crippen MR) is 142 cm³/mol. The van der Waals surface area contributed by atoms with Crippen molar-refractivity contribution in [2.24, 2.45) is 0 Å². The van der Waals surface area contributed by atoms with Gasteiger partial charge in [0.2, 0.25) is 0 Å². The van der Waals surface area contributed by atoms with Gasteiger partial charge < -0.3 is 29.3 Å². The van der Waals surface area contributed by atoms with E-state index >= 15 is 0 Å². The molecule has 2 heterocycles. The number of amides is 1. The van der Waals surface area contributed by atoms with Crippen LogP contribution in [0.25, 0.3) is 5.76 Å². The van der Waals surface area contributed by atoms with Crippen molar-refractivity contribution in [2.75, 3.05) is 52.6 Å². The molecule has 2 aliphatic heterocycles. The van der Waals surface area contributed by atoms with Gasteiger partial charge >= 0.3 is 0 Å². The number of likely N-dealkylation sites (tertiary alicyclic amines) is 1. The summed E-state index contributed by atoms with van der Waals surface area (Å²) in [6.07, 6.45) is 2.28. The van der Waals surface area contributed by atoms with Gasteiger partial charge in [-0.2, -0.15) is 0 Å². The summed E-state index contributed by atoms with van der Waals surface area (Å²) in [6.45, 7) is 10.2. The first-order valence-electron chi connectivity index (χ1n) is 12.8. The SMILES string of the molecule is C=CCOc1ccc(/C(O)=C2/C(=O)C(=O)N(CCCN3CCOCC3)C2c2ccc(O)c(OCC)c2)cc1. The van der Waals surface area contributed by atoms with Crippen LogP contribution in [-0.4, -0.2) is 84.3 Å². The van der Waals surface area contributed by atoms with Gasteiger partial charge in [-0.3, -0.25) is 14.5 Å². The number of phenolic OH excluding ortho intramolecular Hbond substituents is 1. The van der Waals surface area contributed by atoms with Crippen molar-refractivity contribution in [3.63, 3.8) is 0 Å². The molecular formula is C29H34N2O7. The van der Waals surface area contributed by atoms with Gasteiger partial charge in [-0.15, -0.1) is 0 Å². The number of aliphatic hydroxyl groups is 1. The summed E-state index contributed by atoms with van der Waals surface area (Å²) in [5.74, 6) is -0.915. The van der Waals surface area contributed by atoms with E-state index in [9.17, 15) is 19.8 Å². The Morgan fingerprint density at radius 1 is 1.11 bits per heavy atom. The summed E-state index contributed by atoms with van der Waals surface area (Å²) < 4.78 is 16.5. The number of carbonyl (C=O) groups is 2. The number of ether oxygens (including phenoxy) is 3. The summed E-state index contributed by atoms with van der Waals surface area (Å²) in [7, 11) is 0. The number of rotatable bonds is 11. The first kappa shape index (κ1) is 27.2. The van der Waals surface area contributed by atoms with Crippen molar-refractivity contribution in [2.45, 2.75) is 19.4 Å². The molecule has 9 nitrogen and oxygen atoms in total. The minimum Gasteiger partial charge on any atom is -0.507 e. The number of ketones is 1. The summed E-state index contributed by atoms with van der Waals surface area (Å²) in [5, 5.41) is 21.5. The number of benzene rings is 2. The fourth-order valence-electron chi connectivity index (χ4n) is 4.74. The average molecular weight is 523 g/mol. The van der Waals surface area contributed by atoms with Gasteiger partial charge in [0.15, 0.2) is 11.5 Å². The van der Waals surface area contributed by atoms with Crippen LogP contribution in [0.5, 0.6) is 17.2 Å². The zero-order valence-electron chi connectivity index (χ0n) is 21.6. The van der Waals surface area contributed by atoms with Crippen molar-refractivity contribution in [3.05, 3.63) is 71.8 Å². The molecule has 0 aromatic heterocycles. The number of Topliss-reactive ketones (excluding diaryl/α,β-unsaturated/α-hetero) is 1. The van der Waals surface area contributed by atoms with Gasteiger partial charge in [0.25, 0.3) is 11.7 Å². The van der Waals surface area contributed by atoms with Gasteiger partial charge in [-0.05, 0) is 55.3 Å². The lowest BCUT2D eigenvalue weighted by molar-refractivity contribution is -0.140. The summed E-state index contributed by atoms with van der Waals surface area (Å²) >= 11 is 0. The Morgan fingerprint density at radius 2 is 1.84 bits per heavy atom. The second-order valence-electron chi connectivity index (χ2n) is 9.08. The molecule has 1 atom stereocenters. The molecule has 0 radical (unpaired) electrons. The van der Waals surface area contributed by atoms with Gasteiger partial charge in [-0.25, -0.2) is 0 Å². The van der Waals surface area contributed by atoms with Crippen molar-refractivity contribution in [3.8, 4) is 17.2 Å². The number of aromatic hydroxyl groups is 1. The monoisotopic (exact) mass is 522 g/mol. The molecule has 4 rings (SSSR count). The zero-order valence-corrected chi connectivity index (χ0v) is 21.6. The van der Waals surface area contributed by atoms with Crippen molar-refractivity contribution >= 4 is 17.4 Å². The highest BCUT2D eigenvalue weighted by Gasteiger charge is 2.46. The first-order valence-corrected chi connectivity index (χ1v) is 12.8. The normalized spacial score (nSPS) is 19.5. The van der Waals surface area contributed by atoms with E-state index in [0.29, 0.717) is 56.3 Å². The summed E-state index contributed by atoms with van der Waals surface area (Å²) in [5.41, 5.74) is 0.939. The van der Waals surface area contributed by atoms with Gasteiger partial charge in [0.1, 0.15) is 18.1 Å². The molecule has 1 unspecified atom stereocenters. The molecule has 0 bridgehead atoms. The number of hydrogen-bond donors (Lipinski definition) is 2. The van der Waals surface area contributed by atoms with Crippen molar-refractivity contribution in [1.29, 1.82) is 0 Å². The van der Waals surface area contributed by atoms with E-state index in [2.05, 4.69) is 11.5 Å². The quantitative estimate of drug-likeness (QED) is 0.200. The third kappa shape index (κ3) is 6.00. The Balaban J connectivity index is 1.69. The molecular weight excluding hydrogens is 488 g/mol. The molecule has 2 aromatic carbocycles. The molecule has 202 valence electrons. The highest BCUT2D eigenvalue weighted by molar-refractivity contribution is 6.46. The van der Waals surface area contributed by atoms with Crippen LogP contribution >= 0.6 is 0 Å². The van der Waals surface area contributed by atoms with E-state index in [0.717, 1.165) is 19.6 Å². The maximum atomic E-state index is 13.3. The standard InChI is InChI=1S/C29H34N2O7/c1-3-16-38-22-9-6-20(7-10-22)27(33)25-26(21-8-11-23(32)24(19-21)37-4-2)31(29(35)28(25)34)13-5-12-30-14-17-36-18-15-30/h3,6-11,19,26,32-33H,1,4-5,12-18H2,2H3/b27-25-. The fraction of sp³-hybridized carbons (Fsp3) is 0.379. The molecule has 2 fully saturated rings. The highest BCUT2D eigenvalue weighted by atomic mass is 16.5. The van der Waals surface area contributed by atoms with Gasteiger partial charge in [0, 0.05) is 31.7 Å². The van der Waals surface area contributed by atoms with Crippen LogP contribution in [0, 0.1) is 0 Å². The number of phenols is 1. The second-order valence-corrected chi connectivity index (χ2v) is 9.08. The third-order valence-corrected chi connectivity index (χ3v) is 6.61.